The largest absolute Gasteiger partial charge is 0.487 e. The van der Waals surface area contributed by atoms with Crippen molar-refractivity contribution in [2.24, 2.45) is 0 Å². The number of rotatable bonds is 13. The molecule has 1 saturated heterocycles. The number of nitrogens with one attached hydrogen (secondary N) is 3. The molecule has 0 aliphatic carbocycles. The summed E-state index contributed by atoms with van der Waals surface area (Å²) in [5, 5.41) is 26.6. The first-order valence-corrected chi connectivity index (χ1v) is 15.6. The smallest absolute Gasteiger partial charge is 0.407 e. The lowest BCUT2D eigenvalue weighted by Gasteiger charge is -2.31. The predicted octanol–water partition coefficient (Wildman–Crippen LogP) is 4.06. The van der Waals surface area contributed by atoms with Gasteiger partial charge in [-0.3, -0.25) is 4.72 Å². The van der Waals surface area contributed by atoms with Crippen LogP contribution >= 0.6 is 0 Å². The number of carbonyl (C=O) groups is 1. The van der Waals surface area contributed by atoms with E-state index in [9.17, 15) is 18.3 Å². The summed E-state index contributed by atoms with van der Waals surface area (Å²) in [7, 11) is -3.55. The summed E-state index contributed by atoms with van der Waals surface area (Å²) < 4.78 is 32.2. The number of nitrogens with zero attached hydrogens (tertiary/aromatic N) is 1. The lowest BCUT2D eigenvalue weighted by molar-refractivity contribution is 0.134. The van der Waals surface area contributed by atoms with Crippen LogP contribution in [0.25, 0.3) is 0 Å². The number of likely N-dealkylation sites (tertiary alicyclic amines) is 1. The van der Waals surface area contributed by atoms with E-state index in [0.29, 0.717) is 37.5 Å². The van der Waals surface area contributed by atoms with E-state index in [4.69, 9.17) is 9.84 Å². The fraction of sp³-hybridized carbons (Fsp3) is 0.367. The van der Waals surface area contributed by atoms with E-state index >= 15 is 0 Å². The molecule has 41 heavy (non-hydrogen) atoms. The molecule has 5 N–H and O–H groups in total. The first-order chi connectivity index (χ1) is 19.7. The number of hydrogen-bond acceptors (Lipinski definition) is 7. The second kappa shape index (κ2) is 14.2. The van der Waals surface area contributed by atoms with Gasteiger partial charge in [0.1, 0.15) is 12.4 Å². The van der Waals surface area contributed by atoms with Crippen LogP contribution in [0.4, 0.5) is 16.2 Å². The Bertz CT molecular complexity index is 1380. The van der Waals surface area contributed by atoms with Gasteiger partial charge in [0.15, 0.2) is 0 Å². The first kappa shape index (κ1) is 30.2. The molecule has 10 nitrogen and oxygen atoms in total. The van der Waals surface area contributed by atoms with Crippen molar-refractivity contribution in [3.05, 3.63) is 89.5 Å². The highest BCUT2D eigenvalue weighted by Crippen LogP contribution is 2.30. The number of hydrogen-bond donors (Lipinski definition) is 5. The lowest BCUT2D eigenvalue weighted by atomic mass is 10.0. The highest BCUT2D eigenvalue weighted by Gasteiger charge is 2.22. The predicted molar refractivity (Wildman–Crippen MR) is 160 cm³/mol. The van der Waals surface area contributed by atoms with E-state index in [2.05, 4.69) is 27.5 Å². The summed E-state index contributed by atoms with van der Waals surface area (Å²) >= 11 is 0. The highest BCUT2D eigenvalue weighted by molar-refractivity contribution is 7.92. The number of piperidine rings is 1. The average molecular weight is 583 g/mol. The Labute approximate surface area is 241 Å². The number of carboxylic acid groups (broad SMARTS) is 1. The second-order valence-corrected chi connectivity index (χ2v) is 12.0. The molecule has 0 bridgehead atoms. The van der Waals surface area contributed by atoms with E-state index in [1.807, 2.05) is 42.5 Å². The van der Waals surface area contributed by atoms with Crippen LogP contribution in [0.1, 0.15) is 35.6 Å². The highest BCUT2D eigenvalue weighted by atomic mass is 32.2. The molecule has 0 saturated carbocycles. The molecule has 0 radical (unpaired) electrons. The van der Waals surface area contributed by atoms with Crippen LogP contribution in [-0.4, -0.2) is 68.1 Å². The Morgan fingerprint density at radius 3 is 2.39 bits per heavy atom. The van der Waals surface area contributed by atoms with Crippen LogP contribution in [0.5, 0.6) is 5.75 Å². The Morgan fingerprint density at radius 2 is 1.73 bits per heavy atom. The Kier molecular flexibility index (Phi) is 10.4. The third kappa shape index (κ3) is 9.66. The molecule has 220 valence electrons. The molecule has 0 spiro atoms. The Hall–Kier alpha value is -3.80. The lowest BCUT2D eigenvalue weighted by Crippen LogP contribution is -2.41. The molecule has 0 unspecified atom stereocenters. The average Bonchev–Trinajstić information content (AvgIpc) is 2.95. The van der Waals surface area contributed by atoms with E-state index in [0.717, 1.165) is 42.3 Å². The topological polar surface area (TPSA) is 140 Å². The van der Waals surface area contributed by atoms with Gasteiger partial charge in [-0.15, -0.1) is 0 Å². The van der Waals surface area contributed by atoms with Gasteiger partial charge in [0.05, 0.1) is 18.0 Å². The molecule has 4 rings (SSSR count). The SMILES string of the molecule is CS(=O)(=O)Nc1cc([C@@H](O)CNCCc2ccc(NC3CCN(C(=O)O)CC3)cc2)ccc1OCc1ccccc1. The van der Waals surface area contributed by atoms with E-state index in [-0.39, 0.29) is 18.3 Å². The summed E-state index contributed by atoms with van der Waals surface area (Å²) in [6, 6.07) is 23.0. The monoisotopic (exact) mass is 582 g/mol. The molecule has 0 aromatic heterocycles. The Balaban J connectivity index is 1.24. The molecule has 1 aliphatic rings. The maximum atomic E-state index is 11.9. The van der Waals surface area contributed by atoms with Gasteiger partial charge in [-0.1, -0.05) is 48.5 Å². The van der Waals surface area contributed by atoms with E-state index in [1.54, 1.807) is 18.2 Å². The van der Waals surface area contributed by atoms with Crippen LogP contribution in [0.3, 0.4) is 0 Å². The summed E-state index contributed by atoms with van der Waals surface area (Å²) in [4.78, 5) is 12.5. The van der Waals surface area contributed by atoms with Gasteiger partial charge in [-0.25, -0.2) is 13.2 Å². The molecule has 1 heterocycles. The van der Waals surface area contributed by atoms with Crippen LogP contribution < -0.4 is 20.1 Å². The summed E-state index contributed by atoms with van der Waals surface area (Å²) in [6.45, 7) is 2.34. The number of benzene rings is 3. The Morgan fingerprint density at radius 1 is 1.02 bits per heavy atom. The van der Waals surface area contributed by atoms with Crippen molar-refractivity contribution >= 4 is 27.5 Å². The van der Waals surface area contributed by atoms with Gasteiger partial charge in [-0.2, -0.15) is 0 Å². The first-order valence-electron chi connectivity index (χ1n) is 13.7. The minimum Gasteiger partial charge on any atom is -0.487 e. The van der Waals surface area contributed by atoms with Crippen molar-refractivity contribution in [2.75, 3.05) is 42.5 Å². The summed E-state index contributed by atoms with van der Waals surface area (Å²) in [5.74, 6) is 0.381. The van der Waals surface area contributed by atoms with Crippen molar-refractivity contribution in [2.45, 2.75) is 38.0 Å². The normalized spacial score (nSPS) is 14.8. The molecular weight excluding hydrogens is 544 g/mol. The molecule has 11 heteroatoms. The number of anilines is 2. The summed E-state index contributed by atoms with van der Waals surface area (Å²) in [6.07, 6.45) is 1.73. The summed E-state index contributed by atoms with van der Waals surface area (Å²) in [5.41, 5.74) is 3.97. The molecule has 3 aromatic rings. The minimum absolute atomic E-state index is 0.261. The van der Waals surface area contributed by atoms with Crippen LogP contribution in [0, 0.1) is 0 Å². The van der Waals surface area contributed by atoms with Gasteiger partial charge < -0.3 is 30.5 Å². The zero-order valence-electron chi connectivity index (χ0n) is 23.1. The van der Waals surface area contributed by atoms with Gasteiger partial charge in [-0.05, 0) is 66.8 Å². The number of aliphatic hydroxyl groups is 1. The molecule has 1 atom stereocenters. The quantitative estimate of drug-likeness (QED) is 0.190. The van der Waals surface area contributed by atoms with Gasteiger partial charge in [0.2, 0.25) is 10.0 Å². The number of amides is 1. The van der Waals surface area contributed by atoms with Crippen molar-refractivity contribution in [3.8, 4) is 5.75 Å². The van der Waals surface area contributed by atoms with Crippen molar-refractivity contribution in [1.82, 2.24) is 10.2 Å². The molecule has 1 aliphatic heterocycles. The fourth-order valence-corrected chi connectivity index (χ4v) is 5.26. The number of aliphatic hydroxyl groups excluding tert-OH is 1. The van der Waals surface area contributed by atoms with Crippen LogP contribution in [0.15, 0.2) is 72.8 Å². The van der Waals surface area contributed by atoms with Crippen molar-refractivity contribution in [1.29, 1.82) is 0 Å². The number of sulfonamides is 1. The van der Waals surface area contributed by atoms with Crippen molar-refractivity contribution < 1.29 is 28.2 Å². The minimum atomic E-state index is -3.55. The zero-order chi connectivity index (χ0) is 29.2. The van der Waals surface area contributed by atoms with Gasteiger partial charge in [0, 0.05) is 31.4 Å². The van der Waals surface area contributed by atoms with E-state index < -0.39 is 22.2 Å². The maximum Gasteiger partial charge on any atom is 0.407 e. The number of ether oxygens (including phenoxy) is 1. The van der Waals surface area contributed by atoms with Crippen LogP contribution in [0.2, 0.25) is 0 Å². The molecule has 1 amide bonds. The van der Waals surface area contributed by atoms with Gasteiger partial charge in [0.25, 0.3) is 0 Å². The zero-order valence-corrected chi connectivity index (χ0v) is 23.9. The van der Waals surface area contributed by atoms with Crippen LogP contribution in [-0.2, 0) is 23.1 Å². The molecule has 3 aromatic carbocycles. The molecule has 1 fully saturated rings. The second-order valence-electron chi connectivity index (χ2n) is 10.3. The van der Waals surface area contributed by atoms with Gasteiger partial charge >= 0.3 is 6.09 Å². The maximum absolute atomic E-state index is 11.9. The van der Waals surface area contributed by atoms with E-state index in [1.165, 1.54) is 4.90 Å². The third-order valence-electron chi connectivity index (χ3n) is 6.94. The fourth-order valence-electron chi connectivity index (χ4n) is 4.70. The standard InChI is InChI=1S/C30H38N4O6S/c1-41(38,39)33-27-19-24(9-12-29(27)40-21-23-5-3-2-4-6-23)28(35)20-31-16-13-22-7-10-25(11-8-22)32-26-14-17-34(18-15-26)30(36)37/h2-12,19,26,28,31-33,35H,13-18,20-21H2,1H3,(H,36,37)/t28-/m0/s1. The third-order valence-corrected chi connectivity index (χ3v) is 7.53. The van der Waals surface area contributed by atoms with Crippen molar-refractivity contribution in [3.63, 3.8) is 0 Å². The molecular formula is C30H38N4O6S.